The molecule has 166 valence electrons. The second kappa shape index (κ2) is 10.1. The SMILES string of the molecule is Cc1cccc(-c2nnc(-c3ccc(C(=O)NCCNC(=O)c4ccccc4Cl)cc3)o2)c1. The summed E-state index contributed by atoms with van der Waals surface area (Å²) in [6, 6.07) is 21.5. The average Bonchev–Trinajstić information content (AvgIpc) is 3.32. The number of nitrogens with zero attached hydrogens (tertiary/aromatic N) is 2. The fraction of sp³-hybridized carbons (Fsp3) is 0.120. The molecule has 1 heterocycles. The van der Waals surface area contributed by atoms with Gasteiger partial charge in [-0.1, -0.05) is 41.4 Å². The fourth-order valence-corrected chi connectivity index (χ4v) is 3.42. The van der Waals surface area contributed by atoms with Crippen molar-refractivity contribution < 1.29 is 14.0 Å². The van der Waals surface area contributed by atoms with Crippen LogP contribution in [0.25, 0.3) is 22.9 Å². The highest BCUT2D eigenvalue weighted by Gasteiger charge is 2.13. The highest BCUT2D eigenvalue weighted by Crippen LogP contribution is 2.24. The molecule has 0 bridgehead atoms. The largest absolute Gasteiger partial charge is 0.416 e. The molecular formula is C25H21ClN4O3. The van der Waals surface area contributed by atoms with Crippen molar-refractivity contribution in [1.29, 1.82) is 0 Å². The maximum absolute atomic E-state index is 12.4. The van der Waals surface area contributed by atoms with Crippen molar-refractivity contribution in [2.45, 2.75) is 6.92 Å². The Morgan fingerprint density at radius 3 is 2.18 bits per heavy atom. The zero-order valence-electron chi connectivity index (χ0n) is 17.8. The lowest BCUT2D eigenvalue weighted by atomic mass is 10.1. The number of aryl methyl sites for hydroxylation is 1. The van der Waals surface area contributed by atoms with Crippen molar-refractivity contribution in [3.05, 3.63) is 94.5 Å². The highest BCUT2D eigenvalue weighted by atomic mass is 35.5. The lowest BCUT2D eigenvalue weighted by Crippen LogP contribution is -2.34. The van der Waals surface area contributed by atoms with E-state index in [1.165, 1.54) is 0 Å². The van der Waals surface area contributed by atoms with Gasteiger partial charge in [0.15, 0.2) is 0 Å². The molecule has 8 heteroatoms. The Kier molecular flexibility index (Phi) is 6.80. The van der Waals surface area contributed by atoms with E-state index in [-0.39, 0.29) is 24.9 Å². The first-order valence-electron chi connectivity index (χ1n) is 10.3. The van der Waals surface area contributed by atoms with Crippen LogP contribution in [0.3, 0.4) is 0 Å². The van der Waals surface area contributed by atoms with Gasteiger partial charge in [-0.25, -0.2) is 0 Å². The van der Waals surface area contributed by atoms with Gasteiger partial charge in [0, 0.05) is 29.8 Å². The molecule has 2 N–H and O–H groups in total. The van der Waals surface area contributed by atoms with Crippen LogP contribution >= 0.6 is 11.6 Å². The lowest BCUT2D eigenvalue weighted by molar-refractivity contribution is 0.0927. The monoisotopic (exact) mass is 460 g/mol. The van der Waals surface area contributed by atoms with Crippen LogP contribution in [-0.4, -0.2) is 35.1 Å². The second-order valence-corrected chi connectivity index (χ2v) is 7.76. The molecule has 0 spiro atoms. The van der Waals surface area contributed by atoms with Crippen molar-refractivity contribution in [1.82, 2.24) is 20.8 Å². The Morgan fingerprint density at radius 1 is 0.818 bits per heavy atom. The number of nitrogens with one attached hydrogen (secondary N) is 2. The van der Waals surface area contributed by atoms with Gasteiger partial charge in [0.25, 0.3) is 11.8 Å². The molecular weight excluding hydrogens is 440 g/mol. The topological polar surface area (TPSA) is 97.1 Å². The van der Waals surface area contributed by atoms with E-state index < -0.39 is 0 Å². The summed E-state index contributed by atoms with van der Waals surface area (Å²) in [5.41, 5.74) is 3.55. The van der Waals surface area contributed by atoms with E-state index in [0.717, 1.165) is 11.1 Å². The number of halogens is 1. The van der Waals surface area contributed by atoms with Gasteiger partial charge >= 0.3 is 0 Å². The van der Waals surface area contributed by atoms with E-state index in [0.29, 0.717) is 33.5 Å². The number of aromatic nitrogens is 2. The van der Waals surface area contributed by atoms with Crippen LogP contribution in [-0.2, 0) is 0 Å². The first kappa shape index (κ1) is 22.2. The van der Waals surface area contributed by atoms with Gasteiger partial charge in [0.2, 0.25) is 11.8 Å². The molecule has 4 rings (SSSR count). The Morgan fingerprint density at radius 2 is 1.48 bits per heavy atom. The molecule has 1 aromatic heterocycles. The molecule has 7 nitrogen and oxygen atoms in total. The summed E-state index contributed by atoms with van der Waals surface area (Å²) in [6.07, 6.45) is 0. The number of hydrogen-bond acceptors (Lipinski definition) is 5. The summed E-state index contributed by atoms with van der Waals surface area (Å²) in [7, 11) is 0. The third-order valence-corrected chi connectivity index (χ3v) is 5.23. The van der Waals surface area contributed by atoms with Gasteiger partial charge in [-0.3, -0.25) is 9.59 Å². The molecule has 0 aliphatic heterocycles. The van der Waals surface area contributed by atoms with Crippen LogP contribution in [0.2, 0.25) is 5.02 Å². The summed E-state index contributed by atoms with van der Waals surface area (Å²) < 4.78 is 5.79. The molecule has 3 aromatic carbocycles. The van der Waals surface area contributed by atoms with Gasteiger partial charge < -0.3 is 15.1 Å². The minimum atomic E-state index is -0.288. The third-order valence-electron chi connectivity index (χ3n) is 4.90. The van der Waals surface area contributed by atoms with E-state index in [2.05, 4.69) is 20.8 Å². The van der Waals surface area contributed by atoms with E-state index >= 15 is 0 Å². The number of hydrogen-bond donors (Lipinski definition) is 2. The molecule has 0 unspecified atom stereocenters. The van der Waals surface area contributed by atoms with Crippen LogP contribution in [0.5, 0.6) is 0 Å². The number of amides is 2. The Bertz CT molecular complexity index is 1280. The summed E-state index contributed by atoms with van der Waals surface area (Å²) in [5, 5.41) is 14.1. The lowest BCUT2D eigenvalue weighted by Gasteiger charge is -2.08. The van der Waals surface area contributed by atoms with Gasteiger partial charge in [-0.15, -0.1) is 10.2 Å². The summed E-state index contributed by atoms with van der Waals surface area (Å²) in [6.45, 7) is 2.55. The summed E-state index contributed by atoms with van der Waals surface area (Å²) in [5.74, 6) is 0.276. The molecule has 4 aromatic rings. The molecule has 33 heavy (non-hydrogen) atoms. The van der Waals surface area contributed by atoms with Crippen LogP contribution in [0.15, 0.2) is 77.2 Å². The van der Waals surface area contributed by atoms with E-state index in [1.54, 1.807) is 48.5 Å². The van der Waals surface area contributed by atoms with Crippen LogP contribution in [0, 0.1) is 6.92 Å². The van der Waals surface area contributed by atoms with E-state index in [4.69, 9.17) is 16.0 Å². The maximum atomic E-state index is 12.4. The molecule has 2 amide bonds. The van der Waals surface area contributed by atoms with Gasteiger partial charge in [-0.2, -0.15) is 0 Å². The smallest absolute Gasteiger partial charge is 0.252 e. The van der Waals surface area contributed by atoms with Crippen molar-refractivity contribution in [3.8, 4) is 22.9 Å². The number of benzene rings is 3. The highest BCUT2D eigenvalue weighted by molar-refractivity contribution is 6.33. The van der Waals surface area contributed by atoms with Crippen LogP contribution in [0.1, 0.15) is 26.3 Å². The third kappa shape index (κ3) is 5.45. The Hall–Kier alpha value is -3.97. The molecule has 0 aliphatic rings. The standard InChI is InChI=1S/C25H21ClN4O3/c1-16-5-4-6-19(15-16)25-30-29-24(33-25)18-11-9-17(10-12-18)22(31)27-13-14-28-23(32)20-7-2-3-8-21(20)26/h2-12,15H,13-14H2,1H3,(H,27,31)(H,28,32). The second-order valence-electron chi connectivity index (χ2n) is 7.35. The average molecular weight is 461 g/mol. The number of rotatable bonds is 7. The Labute approximate surface area is 195 Å². The van der Waals surface area contributed by atoms with Gasteiger partial charge in [-0.05, 0) is 55.5 Å². The zero-order chi connectivity index (χ0) is 23.2. The van der Waals surface area contributed by atoms with Gasteiger partial charge in [0.05, 0.1) is 10.6 Å². The van der Waals surface area contributed by atoms with Crippen LogP contribution in [0.4, 0.5) is 0 Å². The minimum Gasteiger partial charge on any atom is -0.416 e. The van der Waals surface area contributed by atoms with Crippen molar-refractivity contribution in [2.24, 2.45) is 0 Å². The zero-order valence-corrected chi connectivity index (χ0v) is 18.6. The summed E-state index contributed by atoms with van der Waals surface area (Å²) >= 11 is 6.01. The molecule has 0 radical (unpaired) electrons. The Balaban J connectivity index is 1.30. The first-order valence-corrected chi connectivity index (χ1v) is 10.7. The first-order chi connectivity index (χ1) is 16.0. The van der Waals surface area contributed by atoms with Crippen molar-refractivity contribution in [3.63, 3.8) is 0 Å². The molecule has 0 fully saturated rings. The molecule has 0 saturated heterocycles. The quantitative estimate of drug-likeness (QED) is 0.395. The predicted molar refractivity (Wildman–Crippen MR) is 126 cm³/mol. The normalized spacial score (nSPS) is 10.6. The van der Waals surface area contributed by atoms with Gasteiger partial charge in [0.1, 0.15) is 0 Å². The molecule has 0 saturated carbocycles. The minimum absolute atomic E-state index is 0.250. The van der Waals surface area contributed by atoms with E-state index in [9.17, 15) is 9.59 Å². The fourth-order valence-electron chi connectivity index (χ4n) is 3.19. The number of carbonyl (C=O) groups excluding carboxylic acids is 2. The summed E-state index contributed by atoms with van der Waals surface area (Å²) in [4.78, 5) is 24.5. The maximum Gasteiger partial charge on any atom is 0.252 e. The molecule has 0 atom stereocenters. The predicted octanol–water partition coefficient (Wildman–Crippen LogP) is 4.53. The molecule has 0 aliphatic carbocycles. The van der Waals surface area contributed by atoms with Crippen molar-refractivity contribution >= 4 is 23.4 Å². The van der Waals surface area contributed by atoms with E-state index in [1.807, 2.05) is 31.2 Å². The number of carbonyl (C=O) groups is 2. The van der Waals surface area contributed by atoms with Crippen molar-refractivity contribution in [2.75, 3.05) is 13.1 Å². The van der Waals surface area contributed by atoms with Crippen LogP contribution < -0.4 is 10.6 Å².